The molecule has 1 heterocycles. The van der Waals surface area contributed by atoms with Crippen molar-refractivity contribution in [1.29, 1.82) is 0 Å². The zero-order chi connectivity index (χ0) is 18.5. The van der Waals surface area contributed by atoms with Crippen molar-refractivity contribution >= 4 is 6.03 Å². The summed E-state index contributed by atoms with van der Waals surface area (Å²) in [5.74, 6) is 0.833. The molecule has 1 aliphatic heterocycles. The molecule has 2 amide bonds. The first-order valence-corrected chi connectivity index (χ1v) is 9.41. The molecule has 1 aliphatic rings. The molecule has 0 saturated carbocycles. The normalized spacial score (nSPS) is 16.8. The van der Waals surface area contributed by atoms with E-state index in [9.17, 15) is 4.79 Å². The van der Waals surface area contributed by atoms with Gasteiger partial charge in [-0.25, -0.2) is 4.79 Å². The standard InChI is InChI=1S/C22H28N2O2/c1-16(2)26-21-13-7-5-10-18(21)15-23-22(25)24-14-8-12-20(24)19-11-6-4-9-17(19)3/h4-7,9-11,13,16,20H,8,12,14-15H2,1-3H3,(H,23,25). The number of nitrogens with zero attached hydrogens (tertiary/aromatic N) is 1. The largest absolute Gasteiger partial charge is 0.491 e. The molecule has 0 bridgehead atoms. The summed E-state index contributed by atoms with van der Waals surface area (Å²) in [7, 11) is 0. The average Bonchev–Trinajstić information content (AvgIpc) is 3.10. The van der Waals surface area contributed by atoms with Crippen molar-refractivity contribution in [3.63, 3.8) is 0 Å². The monoisotopic (exact) mass is 352 g/mol. The zero-order valence-electron chi connectivity index (χ0n) is 15.9. The summed E-state index contributed by atoms with van der Waals surface area (Å²) < 4.78 is 5.84. The van der Waals surface area contributed by atoms with Gasteiger partial charge in [-0.15, -0.1) is 0 Å². The van der Waals surface area contributed by atoms with Crippen LogP contribution in [0.5, 0.6) is 5.75 Å². The average molecular weight is 352 g/mol. The third-order valence-corrected chi connectivity index (χ3v) is 4.83. The summed E-state index contributed by atoms with van der Waals surface area (Å²) in [6.07, 6.45) is 2.17. The van der Waals surface area contributed by atoms with Crippen LogP contribution in [0.25, 0.3) is 0 Å². The van der Waals surface area contributed by atoms with Gasteiger partial charge in [0, 0.05) is 18.7 Å². The van der Waals surface area contributed by atoms with Gasteiger partial charge >= 0.3 is 6.03 Å². The number of ether oxygens (including phenoxy) is 1. The molecule has 4 heteroatoms. The maximum absolute atomic E-state index is 12.8. The minimum Gasteiger partial charge on any atom is -0.491 e. The Morgan fingerprint density at radius 2 is 1.92 bits per heavy atom. The lowest BCUT2D eigenvalue weighted by molar-refractivity contribution is 0.192. The number of benzene rings is 2. The number of likely N-dealkylation sites (tertiary alicyclic amines) is 1. The number of rotatable bonds is 5. The van der Waals surface area contributed by atoms with Crippen molar-refractivity contribution in [3.05, 3.63) is 65.2 Å². The molecule has 2 aromatic carbocycles. The summed E-state index contributed by atoms with van der Waals surface area (Å²) in [4.78, 5) is 14.8. The fourth-order valence-corrected chi connectivity index (χ4v) is 3.58. The molecule has 0 radical (unpaired) electrons. The van der Waals surface area contributed by atoms with Gasteiger partial charge in [-0.05, 0) is 50.8 Å². The Balaban J connectivity index is 1.68. The number of amides is 2. The molecule has 1 N–H and O–H groups in total. The van der Waals surface area contributed by atoms with E-state index in [0.717, 1.165) is 30.7 Å². The Hall–Kier alpha value is -2.49. The van der Waals surface area contributed by atoms with Gasteiger partial charge in [0.15, 0.2) is 0 Å². The maximum atomic E-state index is 12.8. The van der Waals surface area contributed by atoms with Crippen LogP contribution in [0.4, 0.5) is 4.79 Å². The van der Waals surface area contributed by atoms with Gasteiger partial charge in [-0.2, -0.15) is 0 Å². The highest BCUT2D eigenvalue weighted by atomic mass is 16.5. The van der Waals surface area contributed by atoms with Gasteiger partial charge in [0.25, 0.3) is 0 Å². The number of aryl methyl sites for hydroxylation is 1. The first kappa shape index (κ1) is 18.3. The SMILES string of the molecule is Cc1ccccc1C1CCCN1C(=O)NCc1ccccc1OC(C)C. The molecular formula is C22H28N2O2. The van der Waals surface area contributed by atoms with Crippen LogP contribution < -0.4 is 10.1 Å². The Bertz CT molecular complexity index is 757. The van der Waals surface area contributed by atoms with Crippen LogP contribution in [0.15, 0.2) is 48.5 Å². The van der Waals surface area contributed by atoms with Gasteiger partial charge in [-0.1, -0.05) is 42.5 Å². The lowest BCUT2D eigenvalue weighted by Gasteiger charge is -2.26. The molecule has 1 atom stereocenters. The van der Waals surface area contributed by atoms with Crippen LogP contribution in [-0.2, 0) is 6.54 Å². The van der Waals surface area contributed by atoms with Crippen LogP contribution in [0.1, 0.15) is 49.4 Å². The second kappa shape index (κ2) is 8.26. The summed E-state index contributed by atoms with van der Waals surface area (Å²) in [6.45, 7) is 7.40. The van der Waals surface area contributed by atoms with E-state index in [2.05, 4.69) is 30.4 Å². The summed E-state index contributed by atoms with van der Waals surface area (Å²) in [5, 5.41) is 3.08. The molecule has 138 valence electrons. The number of urea groups is 1. The predicted octanol–water partition coefficient (Wildman–Crippen LogP) is 4.83. The highest BCUT2D eigenvalue weighted by molar-refractivity contribution is 5.75. The summed E-state index contributed by atoms with van der Waals surface area (Å²) >= 11 is 0. The van der Waals surface area contributed by atoms with Crippen LogP contribution in [0, 0.1) is 6.92 Å². The molecule has 1 saturated heterocycles. The summed E-state index contributed by atoms with van der Waals surface area (Å²) in [5.41, 5.74) is 3.50. The minimum absolute atomic E-state index is 0.00453. The van der Waals surface area contributed by atoms with Crippen molar-refractivity contribution in [3.8, 4) is 5.75 Å². The summed E-state index contributed by atoms with van der Waals surface area (Å²) in [6, 6.07) is 16.4. The maximum Gasteiger partial charge on any atom is 0.318 e. The molecule has 1 unspecified atom stereocenters. The van der Waals surface area contributed by atoms with E-state index in [1.54, 1.807) is 0 Å². The molecule has 3 rings (SSSR count). The second-order valence-electron chi connectivity index (χ2n) is 7.14. The molecule has 0 aliphatic carbocycles. The van der Waals surface area contributed by atoms with Crippen LogP contribution in [0.2, 0.25) is 0 Å². The number of nitrogens with one attached hydrogen (secondary N) is 1. The fraction of sp³-hybridized carbons (Fsp3) is 0.409. The van der Waals surface area contributed by atoms with Crippen LogP contribution in [-0.4, -0.2) is 23.6 Å². The lowest BCUT2D eigenvalue weighted by atomic mass is 9.99. The van der Waals surface area contributed by atoms with Crippen molar-refractivity contribution < 1.29 is 9.53 Å². The highest BCUT2D eigenvalue weighted by Crippen LogP contribution is 2.33. The number of para-hydroxylation sites is 1. The van der Waals surface area contributed by atoms with Crippen molar-refractivity contribution in [2.45, 2.75) is 52.3 Å². The Labute approximate surface area is 156 Å². The van der Waals surface area contributed by atoms with Gasteiger partial charge in [0.05, 0.1) is 12.1 Å². The molecule has 2 aromatic rings. The van der Waals surface area contributed by atoms with Gasteiger partial charge in [-0.3, -0.25) is 0 Å². The van der Waals surface area contributed by atoms with Crippen molar-refractivity contribution in [1.82, 2.24) is 10.2 Å². The third kappa shape index (κ3) is 4.18. The highest BCUT2D eigenvalue weighted by Gasteiger charge is 2.30. The molecular weight excluding hydrogens is 324 g/mol. The van der Waals surface area contributed by atoms with Crippen molar-refractivity contribution in [2.24, 2.45) is 0 Å². The van der Waals surface area contributed by atoms with E-state index in [1.807, 2.05) is 49.1 Å². The fourth-order valence-electron chi connectivity index (χ4n) is 3.58. The van der Waals surface area contributed by atoms with Crippen molar-refractivity contribution in [2.75, 3.05) is 6.54 Å². The second-order valence-corrected chi connectivity index (χ2v) is 7.14. The van der Waals surface area contributed by atoms with E-state index in [1.165, 1.54) is 11.1 Å². The smallest absolute Gasteiger partial charge is 0.318 e. The molecule has 26 heavy (non-hydrogen) atoms. The minimum atomic E-state index is -0.00453. The van der Waals surface area contributed by atoms with E-state index in [-0.39, 0.29) is 18.2 Å². The molecule has 0 aromatic heterocycles. The third-order valence-electron chi connectivity index (χ3n) is 4.83. The van der Waals surface area contributed by atoms with E-state index < -0.39 is 0 Å². The van der Waals surface area contributed by atoms with E-state index in [0.29, 0.717) is 6.54 Å². The van der Waals surface area contributed by atoms with E-state index >= 15 is 0 Å². The van der Waals surface area contributed by atoms with Gasteiger partial charge < -0.3 is 15.0 Å². The number of hydrogen-bond acceptors (Lipinski definition) is 2. The van der Waals surface area contributed by atoms with Gasteiger partial charge in [0.2, 0.25) is 0 Å². The lowest BCUT2D eigenvalue weighted by Crippen LogP contribution is -2.39. The molecule has 0 spiro atoms. The van der Waals surface area contributed by atoms with E-state index in [4.69, 9.17) is 4.74 Å². The quantitative estimate of drug-likeness (QED) is 0.837. The Kier molecular flexibility index (Phi) is 5.82. The first-order valence-electron chi connectivity index (χ1n) is 9.41. The van der Waals surface area contributed by atoms with Crippen LogP contribution >= 0.6 is 0 Å². The molecule has 4 nitrogen and oxygen atoms in total. The first-order chi connectivity index (χ1) is 12.6. The topological polar surface area (TPSA) is 41.6 Å². The van der Waals surface area contributed by atoms with Gasteiger partial charge in [0.1, 0.15) is 5.75 Å². The Morgan fingerprint density at radius 3 is 2.69 bits per heavy atom. The number of carbonyl (C=O) groups excluding carboxylic acids is 1. The number of hydrogen-bond donors (Lipinski definition) is 1. The predicted molar refractivity (Wildman–Crippen MR) is 104 cm³/mol. The zero-order valence-corrected chi connectivity index (χ0v) is 15.9. The molecule has 1 fully saturated rings. The Morgan fingerprint density at radius 1 is 1.19 bits per heavy atom. The van der Waals surface area contributed by atoms with Crippen LogP contribution in [0.3, 0.4) is 0 Å². The number of carbonyl (C=O) groups is 1.